The smallest absolute Gasteiger partial charge is 0.335 e. The number of methoxy groups -OCH3 is 1. The molecule has 0 radical (unpaired) electrons. The molecule has 0 aliphatic heterocycles. The van der Waals surface area contributed by atoms with Crippen LogP contribution in [0, 0.1) is 0 Å². The summed E-state index contributed by atoms with van der Waals surface area (Å²) in [6, 6.07) is 2.66. The fourth-order valence-electron chi connectivity index (χ4n) is 1.81. The average molecular weight is 288 g/mol. The number of rotatable bonds is 6. The van der Waals surface area contributed by atoms with Gasteiger partial charge in [0.15, 0.2) is 11.5 Å². The van der Waals surface area contributed by atoms with Crippen LogP contribution in [0.2, 0.25) is 0 Å². The van der Waals surface area contributed by atoms with Crippen LogP contribution in [0.5, 0.6) is 11.5 Å². The quantitative estimate of drug-likeness (QED) is 0.617. The Labute approximate surface area is 111 Å². The molecule has 2 atom stereocenters. The molecule has 1 aromatic carbocycles. The van der Waals surface area contributed by atoms with Crippen LogP contribution in [0.25, 0.3) is 0 Å². The Morgan fingerprint density at radius 2 is 2.11 bits per heavy atom. The summed E-state index contributed by atoms with van der Waals surface area (Å²) >= 11 is 0. The van der Waals surface area contributed by atoms with E-state index in [4.69, 9.17) is 9.26 Å². The standard InChI is InChI=1S/C12H17O6P/c1-4-18-19(15,16)8(2)11-9(7-13)5-6-10(14)12(11)17-3/h5-8,14H,4H2,1-3H3,(H,15,16). The number of hydrogen-bond acceptors (Lipinski definition) is 5. The first-order valence-corrected chi connectivity index (χ1v) is 7.35. The van der Waals surface area contributed by atoms with Gasteiger partial charge < -0.3 is 19.3 Å². The van der Waals surface area contributed by atoms with Gasteiger partial charge in [-0.1, -0.05) is 0 Å². The van der Waals surface area contributed by atoms with Gasteiger partial charge in [-0.3, -0.25) is 9.36 Å². The van der Waals surface area contributed by atoms with Gasteiger partial charge in [-0.2, -0.15) is 0 Å². The third-order valence-corrected chi connectivity index (χ3v) is 4.63. The molecule has 6 nitrogen and oxygen atoms in total. The van der Waals surface area contributed by atoms with Crippen LogP contribution >= 0.6 is 7.60 Å². The molecular weight excluding hydrogens is 271 g/mol. The van der Waals surface area contributed by atoms with Gasteiger partial charge in [-0.25, -0.2) is 0 Å². The van der Waals surface area contributed by atoms with Crippen LogP contribution in [0.1, 0.15) is 35.4 Å². The SMILES string of the molecule is CCOP(=O)(O)C(C)c1c(C=O)ccc(O)c1OC. The van der Waals surface area contributed by atoms with E-state index in [1.54, 1.807) is 6.92 Å². The Bertz CT molecular complexity index is 513. The largest absolute Gasteiger partial charge is 0.504 e. The van der Waals surface area contributed by atoms with Crippen LogP contribution in [0.4, 0.5) is 0 Å². The van der Waals surface area contributed by atoms with E-state index in [-0.39, 0.29) is 29.2 Å². The van der Waals surface area contributed by atoms with Gasteiger partial charge in [0.25, 0.3) is 0 Å². The number of benzene rings is 1. The molecule has 1 aromatic rings. The number of aldehydes is 1. The molecule has 0 spiro atoms. The lowest BCUT2D eigenvalue weighted by molar-refractivity contribution is 0.112. The fourth-order valence-corrected chi connectivity index (χ4v) is 3.00. The van der Waals surface area contributed by atoms with Crippen LogP contribution in [0.3, 0.4) is 0 Å². The van der Waals surface area contributed by atoms with Gasteiger partial charge in [0, 0.05) is 11.1 Å². The van der Waals surface area contributed by atoms with E-state index in [9.17, 15) is 19.4 Å². The number of ether oxygens (including phenoxy) is 1. The zero-order valence-electron chi connectivity index (χ0n) is 11.0. The molecule has 7 heteroatoms. The third-order valence-electron chi connectivity index (χ3n) is 2.76. The van der Waals surface area contributed by atoms with Crippen molar-refractivity contribution < 1.29 is 28.6 Å². The van der Waals surface area contributed by atoms with Gasteiger partial charge in [0.1, 0.15) is 6.29 Å². The molecule has 0 aliphatic carbocycles. The highest BCUT2D eigenvalue weighted by molar-refractivity contribution is 7.53. The molecule has 0 aromatic heterocycles. The molecule has 0 heterocycles. The van der Waals surface area contributed by atoms with E-state index >= 15 is 0 Å². The Balaban J connectivity index is 3.43. The monoisotopic (exact) mass is 288 g/mol. The molecule has 0 saturated heterocycles. The second-order valence-corrected chi connectivity index (χ2v) is 6.06. The summed E-state index contributed by atoms with van der Waals surface area (Å²) in [5.41, 5.74) is -0.650. The molecule has 0 bridgehead atoms. The molecule has 2 unspecified atom stereocenters. The summed E-state index contributed by atoms with van der Waals surface area (Å²) in [4.78, 5) is 20.9. The summed E-state index contributed by atoms with van der Waals surface area (Å²) in [7, 11) is -2.65. The van der Waals surface area contributed by atoms with Crippen molar-refractivity contribution in [3.05, 3.63) is 23.3 Å². The Kier molecular flexibility index (Phi) is 5.11. The molecule has 0 saturated carbocycles. The highest BCUT2D eigenvalue weighted by Gasteiger charge is 2.34. The second-order valence-electron chi connectivity index (χ2n) is 3.90. The highest BCUT2D eigenvalue weighted by Crippen LogP contribution is 2.59. The highest BCUT2D eigenvalue weighted by atomic mass is 31.2. The zero-order valence-corrected chi connectivity index (χ0v) is 11.9. The molecule has 2 N–H and O–H groups in total. The number of phenols is 1. The summed E-state index contributed by atoms with van der Waals surface area (Å²) < 4.78 is 21.9. The molecule has 1 rings (SSSR count). The van der Waals surface area contributed by atoms with Gasteiger partial charge in [-0.05, 0) is 26.0 Å². The van der Waals surface area contributed by atoms with E-state index in [0.29, 0.717) is 6.29 Å². The zero-order chi connectivity index (χ0) is 14.6. The second kappa shape index (κ2) is 6.19. The van der Waals surface area contributed by atoms with E-state index in [1.807, 2.05) is 0 Å². The van der Waals surface area contributed by atoms with Crippen LogP contribution in [0.15, 0.2) is 12.1 Å². The van der Waals surface area contributed by atoms with E-state index in [1.165, 1.54) is 26.2 Å². The van der Waals surface area contributed by atoms with Crippen molar-refractivity contribution in [2.45, 2.75) is 19.5 Å². The fraction of sp³-hybridized carbons (Fsp3) is 0.417. The third kappa shape index (κ3) is 3.15. The van der Waals surface area contributed by atoms with Gasteiger partial charge in [0.2, 0.25) is 0 Å². The van der Waals surface area contributed by atoms with E-state index in [0.717, 1.165) is 0 Å². The first-order valence-electron chi connectivity index (χ1n) is 5.71. The Morgan fingerprint density at radius 3 is 2.58 bits per heavy atom. The van der Waals surface area contributed by atoms with Crippen LogP contribution in [-0.4, -0.2) is 30.0 Å². The molecule has 0 amide bonds. The number of carbonyl (C=O) groups excluding carboxylic acids is 1. The molecule has 0 aliphatic rings. The minimum atomic E-state index is -3.96. The maximum absolute atomic E-state index is 12.0. The van der Waals surface area contributed by atoms with Crippen molar-refractivity contribution in [1.82, 2.24) is 0 Å². The van der Waals surface area contributed by atoms with Crippen molar-refractivity contribution >= 4 is 13.9 Å². The topological polar surface area (TPSA) is 93.1 Å². The van der Waals surface area contributed by atoms with Crippen molar-refractivity contribution in [1.29, 1.82) is 0 Å². The summed E-state index contributed by atoms with van der Waals surface area (Å²) in [6.07, 6.45) is 0.541. The lowest BCUT2D eigenvalue weighted by atomic mass is 10.0. The van der Waals surface area contributed by atoms with E-state index < -0.39 is 13.3 Å². The maximum Gasteiger partial charge on any atom is 0.335 e. The summed E-state index contributed by atoms with van der Waals surface area (Å²) in [5.74, 6) is -0.197. The molecule has 0 fully saturated rings. The lowest BCUT2D eigenvalue weighted by Gasteiger charge is -2.22. The first kappa shape index (κ1) is 15.7. The lowest BCUT2D eigenvalue weighted by Crippen LogP contribution is -2.05. The predicted molar refractivity (Wildman–Crippen MR) is 69.9 cm³/mol. The Morgan fingerprint density at radius 1 is 1.47 bits per heavy atom. The minimum Gasteiger partial charge on any atom is -0.504 e. The minimum absolute atomic E-state index is 0.00563. The van der Waals surface area contributed by atoms with Crippen molar-refractivity contribution in [3.63, 3.8) is 0 Å². The molecular formula is C12H17O6P. The maximum atomic E-state index is 12.0. The van der Waals surface area contributed by atoms with Crippen molar-refractivity contribution in [2.75, 3.05) is 13.7 Å². The molecule has 19 heavy (non-hydrogen) atoms. The van der Waals surface area contributed by atoms with E-state index in [2.05, 4.69) is 0 Å². The summed E-state index contributed by atoms with van der Waals surface area (Å²) in [6.45, 7) is 3.10. The van der Waals surface area contributed by atoms with Gasteiger partial charge in [-0.15, -0.1) is 0 Å². The number of phenolic OH excluding ortho intramolecular Hbond substituents is 1. The van der Waals surface area contributed by atoms with Crippen LogP contribution in [-0.2, 0) is 9.09 Å². The van der Waals surface area contributed by atoms with Crippen molar-refractivity contribution in [2.24, 2.45) is 0 Å². The van der Waals surface area contributed by atoms with Gasteiger partial charge >= 0.3 is 7.60 Å². The number of aromatic hydroxyl groups is 1. The normalized spacial score (nSPS) is 15.6. The van der Waals surface area contributed by atoms with Gasteiger partial charge in [0.05, 0.1) is 19.4 Å². The van der Waals surface area contributed by atoms with Crippen molar-refractivity contribution in [3.8, 4) is 11.5 Å². The molecule has 106 valence electrons. The average Bonchev–Trinajstić information content (AvgIpc) is 2.37. The summed E-state index contributed by atoms with van der Waals surface area (Å²) in [5, 5.41) is 9.70. The first-order chi connectivity index (χ1) is 8.88. The predicted octanol–water partition coefficient (Wildman–Crippen LogP) is 2.50. The Hall–Kier alpha value is -1.36. The van der Waals surface area contributed by atoms with Crippen LogP contribution < -0.4 is 4.74 Å². The number of hydrogen-bond donors (Lipinski definition) is 2. The number of carbonyl (C=O) groups is 1.